The molecule has 0 radical (unpaired) electrons. The molecule has 0 aromatic heterocycles. The summed E-state index contributed by atoms with van der Waals surface area (Å²) < 4.78 is 38.3. The van der Waals surface area contributed by atoms with Crippen LogP contribution in [0.15, 0.2) is 77.3 Å². The number of rotatable bonds is 12. The lowest BCUT2D eigenvalue weighted by molar-refractivity contribution is -0.139. The van der Waals surface area contributed by atoms with Gasteiger partial charge in [-0.25, -0.2) is 8.42 Å². The third-order valence-electron chi connectivity index (χ3n) is 6.09. The minimum atomic E-state index is -3.93. The van der Waals surface area contributed by atoms with Gasteiger partial charge in [0.25, 0.3) is 0 Å². The molecule has 0 fully saturated rings. The summed E-state index contributed by atoms with van der Waals surface area (Å²) in [6, 6.07) is 20.5. The molecule has 3 aromatic carbocycles. The molecule has 0 aliphatic heterocycles. The predicted octanol–water partition coefficient (Wildman–Crippen LogP) is 3.62. The van der Waals surface area contributed by atoms with Gasteiger partial charge in [0.15, 0.2) is 0 Å². The fourth-order valence-electron chi connectivity index (χ4n) is 4.14. The number of carbonyl (C=O) groups excluding carboxylic acids is 2. The van der Waals surface area contributed by atoms with Crippen LogP contribution in [-0.4, -0.2) is 65.2 Å². The molecule has 0 aliphatic rings. The maximum Gasteiger partial charge on any atom is 0.244 e. The maximum absolute atomic E-state index is 14.0. The SMILES string of the molecule is CNC(=O)[C@H](Cc1ccccc1)N(Cc1cccc(Br)c1)C(=O)CN(c1ccc(OC)cc1OC)S(C)(=O)=O. The van der Waals surface area contributed by atoms with Gasteiger partial charge in [-0.15, -0.1) is 0 Å². The van der Waals surface area contributed by atoms with E-state index in [1.807, 2.05) is 54.6 Å². The van der Waals surface area contributed by atoms with Crippen LogP contribution in [-0.2, 0) is 32.6 Å². The van der Waals surface area contributed by atoms with E-state index in [0.29, 0.717) is 5.75 Å². The summed E-state index contributed by atoms with van der Waals surface area (Å²) in [5.74, 6) is -0.231. The predicted molar refractivity (Wildman–Crippen MR) is 154 cm³/mol. The number of methoxy groups -OCH3 is 2. The van der Waals surface area contributed by atoms with E-state index < -0.39 is 28.5 Å². The van der Waals surface area contributed by atoms with E-state index >= 15 is 0 Å². The normalized spacial score (nSPS) is 11.8. The van der Waals surface area contributed by atoms with Crippen molar-refractivity contribution in [2.24, 2.45) is 0 Å². The Balaban J connectivity index is 2.06. The molecule has 208 valence electrons. The van der Waals surface area contributed by atoms with Gasteiger partial charge >= 0.3 is 0 Å². The molecule has 39 heavy (non-hydrogen) atoms. The standard InChI is InChI=1S/C28H32BrN3O6S/c1-30-28(34)25(16-20-9-6-5-7-10-20)31(18-21-11-8-12-22(29)15-21)27(33)19-32(39(4,35)36)24-14-13-23(37-2)17-26(24)38-3/h5-15,17,25H,16,18-19H2,1-4H3,(H,30,34)/t25-/m0/s1. The lowest BCUT2D eigenvalue weighted by atomic mass is 10.0. The Morgan fingerprint density at radius 1 is 0.949 bits per heavy atom. The largest absolute Gasteiger partial charge is 0.497 e. The zero-order valence-electron chi connectivity index (χ0n) is 22.3. The number of nitrogens with one attached hydrogen (secondary N) is 1. The van der Waals surface area contributed by atoms with E-state index in [9.17, 15) is 18.0 Å². The molecule has 0 unspecified atom stereocenters. The molecule has 0 saturated carbocycles. The van der Waals surface area contributed by atoms with Gasteiger partial charge < -0.3 is 19.7 Å². The monoisotopic (exact) mass is 617 g/mol. The number of nitrogens with zero attached hydrogens (tertiary/aromatic N) is 2. The highest BCUT2D eigenvalue weighted by molar-refractivity contribution is 9.10. The first kappa shape index (κ1) is 30.0. The lowest BCUT2D eigenvalue weighted by Crippen LogP contribution is -2.52. The van der Waals surface area contributed by atoms with E-state index in [0.717, 1.165) is 26.2 Å². The van der Waals surface area contributed by atoms with E-state index in [2.05, 4.69) is 21.2 Å². The summed E-state index contributed by atoms with van der Waals surface area (Å²) in [5.41, 5.74) is 1.80. The highest BCUT2D eigenvalue weighted by atomic mass is 79.9. The second-order valence-electron chi connectivity index (χ2n) is 8.78. The first-order valence-electron chi connectivity index (χ1n) is 12.1. The molecule has 2 amide bonds. The number of ether oxygens (including phenoxy) is 2. The summed E-state index contributed by atoms with van der Waals surface area (Å²) in [6.45, 7) is -0.460. The van der Waals surface area contributed by atoms with Crippen LogP contribution in [0.5, 0.6) is 11.5 Å². The van der Waals surface area contributed by atoms with Gasteiger partial charge in [-0.1, -0.05) is 58.4 Å². The molecule has 0 heterocycles. The van der Waals surface area contributed by atoms with E-state index in [-0.39, 0.29) is 30.3 Å². The zero-order chi connectivity index (χ0) is 28.6. The maximum atomic E-state index is 14.0. The van der Waals surface area contributed by atoms with Crippen LogP contribution in [0.3, 0.4) is 0 Å². The molecule has 1 atom stereocenters. The van der Waals surface area contributed by atoms with Gasteiger partial charge in [-0.3, -0.25) is 13.9 Å². The molecule has 0 bridgehead atoms. The van der Waals surface area contributed by atoms with E-state index in [1.165, 1.54) is 32.2 Å². The highest BCUT2D eigenvalue weighted by Gasteiger charge is 2.33. The van der Waals surface area contributed by atoms with Crippen LogP contribution in [0.2, 0.25) is 0 Å². The molecule has 3 aromatic rings. The summed E-state index contributed by atoms with van der Waals surface area (Å²) >= 11 is 3.45. The number of carbonyl (C=O) groups is 2. The molecule has 9 nitrogen and oxygen atoms in total. The molecule has 0 spiro atoms. The first-order valence-corrected chi connectivity index (χ1v) is 14.7. The average molecular weight is 619 g/mol. The lowest BCUT2D eigenvalue weighted by Gasteiger charge is -2.33. The van der Waals surface area contributed by atoms with Gasteiger partial charge in [0.1, 0.15) is 24.1 Å². The zero-order valence-corrected chi connectivity index (χ0v) is 24.7. The molecular weight excluding hydrogens is 586 g/mol. The molecule has 0 aliphatic carbocycles. The van der Waals surface area contributed by atoms with E-state index in [4.69, 9.17) is 9.47 Å². The summed E-state index contributed by atoms with van der Waals surface area (Å²) in [7, 11) is 0.464. The number of amides is 2. The molecule has 11 heteroatoms. The summed E-state index contributed by atoms with van der Waals surface area (Å²) in [6.07, 6.45) is 1.26. The fraction of sp³-hybridized carbons (Fsp3) is 0.286. The van der Waals surface area contributed by atoms with Crippen molar-refractivity contribution < 1.29 is 27.5 Å². The Hall–Kier alpha value is -3.57. The van der Waals surface area contributed by atoms with Crippen LogP contribution >= 0.6 is 15.9 Å². The number of likely N-dealkylation sites (N-methyl/N-ethyl adjacent to an activating group) is 1. The van der Waals surface area contributed by atoms with E-state index in [1.54, 1.807) is 12.1 Å². The third-order valence-corrected chi connectivity index (χ3v) is 7.71. The van der Waals surface area contributed by atoms with Crippen molar-refractivity contribution in [3.8, 4) is 11.5 Å². The van der Waals surface area contributed by atoms with Crippen LogP contribution < -0.4 is 19.1 Å². The van der Waals surface area contributed by atoms with Gasteiger partial charge in [-0.2, -0.15) is 0 Å². The fourth-order valence-corrected chi connectivity index (χ4v) is 5.44. The number of benzene rings is 3. The summed E-state index contributed by atoms with van der Waals surface area (Å²) in [5, 5.41) is 2.66. The van der Waals surface area contributed by atoms with Crippen molar-refractivity contribution in [3.63, 3.8) is 0 Å². The first-order chi connectivity index (χ1) is 18.6. The Bertz CT molecular complexity index is 1400. The molecule has 1 N–H and O–H groups in total. The van der Waals surface area contributed by atoms with Gasteiger partial charge in [-0.05, 0) is 35.4 Å². The molecular formula is C28H32BrN3O6S. The number of hydrogen-bond donors (Lipinski definition) is 1. The number of halogens is 1. The Labute approximate surface area is 237 Å². The Kier molecular flexibility index (Phi) is 10.4. The quantitative estimate of drug-likeness (QED) is 0.333. The van der Waals surface area contributed by atoms with Gasteiger partial charge in [0, 0.05) is 30.6 Å². The van der Waals surface area contributed by atoms with Gasteiger partial charge in [0.05, 0.1) is 26.2 Å². The van der Waals surface area contributed by atoms with Crippen molar-refractivity contribution in [2.45, 2.75) is 19.0 Å². The number of hydrogen-bond acceptors (Lipinski definition) is 6. The smallest absolute Gasteiger partial charge is 0.244 e. The minimum absolute atomic E-state index is 0.0839. The van der Waals surface area contributed by atoms with Crippen molar-refractivity contribution >= 4 is 43.5 Å². The van der Waals surface area contributed by atoms with Crippen molar-refractivity contribution in [1.29, 1.82) is 0 Å². The Morgan fingerprint density at radius 3 is 2.23 bits per heavy atom. The van der Waals surface area contributed by atoms with Crippen LogP contribution in [0, 0.1) is 0 Å². The van der Waals surface area contributed by atoms with Crippen LogP contribution in [0.4, 0.5) is 5.69 Å². The number of sulfonamides is 1. The van der Waals surface area contributed by atoms with Crippen molar-refractivity contribution in [1.82, 2.24) is 10.2 Å². The van der Waals surface area contributed by atoms with Crippen LogP contribution in [0.25, 0.3) is 0 Å². The van der Waals surface area contributed by atoms with Crippen molar-refractivity contribution in [2.75, 3.05) is 38.4 Å². The summed E-state index contributed by atoms with van der Waals surface area (Å²) in [4.78, 5) is 28.6. The van der Waals surface area contributed by atoms with Crippen molar-refractivity contribution in [3.05, 3.63) is 88.4 Å². The molecule has 3 rings (SSSR count). The molecule has 0 saturated heterocycles. The highest BCUT2D eigenvalue weighted by Crippen LogP contribution is 2.34. The second-order valence-corrected chi connectivity index (χ2v) is 11.6. The Morgan fingerprint density at radius 2 is 1.64 bits per heavy atom. The van der Waals surface area contributed by atoms with Crippen LogP contribution in [0.1, 0.15) is 11.1 Å². The minimum Gasteiger partial charge on any atom is -0.497 e. The second kappa shape index (κ2) is 13.5. The third kappa shape index (κ3) is 7.96. The average Bonchev–Trinajstić information content (AvgIpc) is 2.92. The number of anilines is 1. The topological polar surface area (TPSA) is 105 Å². The van der Waals surface area contributed by atoms with Gasteiger partial charge in [0.2, 0.25) is 21.8 Å².